The Labute approximate surface area is 137 Å². The predicted molar refractivity (Wildman–Crippen MR) is 93.6 cm³/mol. The molecule has 0 aliphatic carbocycles. The van der Waals surface area contributed by atoms with Crippen LogP contribution in [0.25, 0.3) is 32.9 Å². The highest BCUT2D eigenvalue weighted by atomic mass is 16.5. The molecule has 118 valence electrons. The highest BCUT2D eigenvalue weighted by Crippen LogP contribution is 2.27. The Hall–Kier alpha value is -3.27. The van der Waals surface area contributed by atoms with Gasteiger partial charge in [0.05, 0.1) is 18.1 Å². The largest absolute Gasteiger partial charge is 0.508 e. The standard InChI is InChI=1S/C20H14O4/c1-23-16-6-4-12-8-14(3-2-13(12)9-16)18-11-24-19-10-15(21)5-7-17(19)20(18)22/h2-11,21H,1H3. The van der Waals surface area contributed by atoms with Crippen LogP contribution in [-0.4, -0.2) is 12.2 Å². The molecular formula is C20H14O4. The highest BCUT2D eigenvalue weighted by molar-refractivity contribution is 5.90. The van der Waals surface area contributed by atoms with Gasteiger partial charge in [0, 0.05) is 6.07 Å². The Bertz CT molecular complexity index is 1130. The van der Waals surface area contributed by atoms with E-state index in [-0.39, 0.29) is 11.2 Å². The summed E-state index contributed by atoms with van der Waals surface area (Å²) >= 11 is 0. The molecule has 24 heavy (non-hydrogen) atoms. The topological polar surface area (TPSA) is 59.7 Å². The van der Waals surface area contributed by atoms with Gasteiger partial charge in [-0.3, -0.25) is 4.79 Å². The molecule has 3 aromatic carbocycles. The maximum atomic E-state index is 12.7. The summed E-state index contributed by atoms with van der Waals surface area (Å²) in [6.07, 6.45) is 1.44. The molecule has 0 radical (unpaired) electrons. The van der Waals surface area contributed by atoms with Crippen molar-refractivity contribution in [2.24, 2.45) is 0 Å². The van der Waals surface area contributed by atoms with Gasteiger partial charge in [0.25, 0.3) is 0 Å². The van der Waals surface area contributed by atoms with Crippen LogP contribution >= 0.6 is 0 Å². The summed E-state index contributed by atoms with van der Waals surface area (Å²) in [5.74, 6) is 0.860. The summed E-state index contributed by atoms with van der Waals surface area (Å²) in [6.45, 7) is 0. The van der Waals surface area contributed by atoms with E-state index in [2.05, 4.69) is 0 Å². The minimum absolute atomic E-state index is 0.0676. The quantitative estimate of drug-likeness (QED) is 0.598. The SMILES string of the molecule is COc1ccc2cc(-c3coc4cc(O)ccc4c3=O)ccc2c1. The molecule has 0 unspecified atom stereocenters. The molecule has 1 heterocycles. The van der Waals surface area contributed by atoms with Crippen LogP contribution in [0.5, 0.6) is 11.5 Å². The first kappa shape index (κ1) is 14.3. The zero-order valence-electron chi connectivity index (χ0n) is 12.9. The van der Waals surface area contributed by atoms with Gasteiger partial charge in [-0.2, -0.15) is 0 Å². The summed E-state index contributed by atoms with van der Waals surface area (Å²) in [7, 11) is 1.63. The lowest BCUT2D eigenvalue weighted by molar-refractivity contribution is 0.415. The number of phenols is 1. The minimum Gasteiger partial charge on any atom is -0.508 e. The Kier molecular flexibility index (Phi) is 3.24. The number of fused-ring (bicyclic) bond motifs is 2. The molecule has 0 spiro atoms. The summed E-state index contributed by atoms with van der Waals surface area (Å²) in [5, 5.41) is 12.0. The van der Waals surface area contributed by atoms with Gasteiger partial charge in [-0.25, -0.2) is 0 Å². The maximum absolute atomic E-state index is 12.7. The van der Waals surface area contributed by atoms with E-state index in [1.54, 1.807) is 13.2 Å². The molecule has 4 aromatic rings. The van der Waals surface area contributed by atoms with Crippen molar-refractivity contribution >= 4 is 21.7 Å². The van der Waals surface area contributed by atoms with Crippen molar-refractivity contribution in [3.05, 3.63) is 71.1 Å². The van der Waals surface area contributed by atoms with Crippen LogP contribution in [0, 0.1) is 0 Å². The van der Waals surface area contributed by atoms with E-state index in [0.717, 1.165) is 22.1 Å². The Morgan fingerprint density at radius 1 is 0.958 bits per heavy atom. The monoisotopic (exact) mass is 318 g/mol. The predicted octanol–water partition coefficient (Wildman–Crippen LogP) is 4.33. The smallest absolute Gasteiger partial charge is 0.200 e. The van der Waals surface area contributed by atoms with Crippen LogP contribution in [0.15, 0.2) is 70.1 Å². The van der Waals surface area contributed by atoms with Gasteiger partial charge >= 0.3 is 0 Å². The average molecular weight is 318 g/mol. The van der Waals surface area contributed by atoms with Crippen molar-refractivity contribution in [2.75, 3.05) is 7.11 Å². The zero-order chi connectivity index (χ0) is 16.7. The van der Waals surface area contributed by atoms with E-state index in [0.29, 0.717) is 16.5 Å². The molecule has 4 rings (SSSR count). The van der Waals surface area contributed by atoms with E-state index in [1.165, 1.54) is 18.4 Å². The van der Waals surface area contributed by atoms with Crippen LogP contribution in [-0.2, 0) is 0 Å². The van der Waals surface area contributed by atoms with Crippen molar-refractivity contribution in [3.8, 4) is 22.6 Å². The Morgan fingerprint density at radius 2 is 1.75 bits per heavy atom. The molecule has 0 atom stereocenters. The third-order valence-corrected chi connectivity index (χ3v) is 4.12. The number of methoxy groups -OCH3 is 1. The van der Waals surface area contributed by atoms with E-state index in [1.807, 2.05) is 36.4 Å². The van der Waals surface area contributed by atoms with Gasteiger partial charge in [-0.05, 0) is 46.7 Å². The average Bonchev–Trinajstić information content (AvgIpc) is 2.61. The lowest BCUT2D eigenvalue weighted by Crippen LogP contribution is -2.04. The number of rotatable bonds is 2. The van der Waals surface area contributed by atoms with Crippen LogP contribution in [0.2, 0.25) is 0 Å². The van der Waals surface area contributed by atoms with Gasteiger partial charge in [-0.1, -0.05) is 18.2 Å². The van der Waals surface area contributed by atoms with Gasteiger partial charge in [0.2, 0.25) is 0 Å². The van der Waals surface area contributed by atoms with Gasteiger partial charge < -0.3 is 14.3 Å². The number of ether oxygens (including phenoxy) is 1. The lowest BCUT2D eigenvalue weighted by Gasteiger charge is -2.06. The molecule has 0 aliphatic heterocycles. The zero-order valence-corrected chi connectivity index (χ0v) is 12.9. The summed E-state index contributed by atoms with van der Waals surface area (Å²) < 4.78 is 10.8. The van der Waals surface area contributed by atoms with E-state index >= 15 is 0 Å². The van der Waals surface area contributed by atoms with Crippen molar-refractivity contribution in [2.45, 2.75) is 0 Å². The number of hydrogen-bond donors (Lipinski definition) is 1. The second-order valence-electron chi connectivity index (χ2n) is 5.59. The lowest BCUT2D eigenvalue weighted by atomic mass is 10.0. The molecule has 1 N–H and O–H groups in total. The fraction of sp³-hybridized carbons (Fsp3) is 0.0500. The molecule has 0 bridgehead atoms. The Balaban J connectivity index is 1.90. The number of hydrogen-bond acceptors (Lipinski definition) is 4. The first-order valence-electron chi connectivity index (χ1n) is 7.48. The molecule has 0 saturated carbocycles. The Morgan fingerprint density at radius 3 is 2.58 bits per heavy atom. The summed E-state index contributed by atoms with van der Waals surface area (Å²) in [6, 6.07) is 16.1. The highest BCUT2D eigenvalue weighted by Gasteiger charge is 2.10. The normalized spacial score (nSPS) is 11.0. The number of aromatic hydroxyl groups is 1. The van der Waals surface area contributed by atoms with Gasteiger partial charge in [0.15, 0.2) is 5.43 Å². The van der Waals surface area contributed by atoms with Crippen molar-refractivity contribution < 1.29 is 14.3 Å². The molecule has 1 aromatic heterocycles. The van der Waals surface area contributed by atoms with Gasteiger partial charge in [0.1, 0.15) is 23.3 Å². The van der Waals surface area contributed by atoms with E-state index < -0.39 is 0 Å². The summed E-state index contributed by atoms with van der Waals surface area (Å²) in [5.41, 5.74) is 1.53. The number of benzene rings is 3. The van der Waals surface area contributed by atoms with Crippen molar-refractivity contribution in [3.63, 3.8) is 0 Å². The van der Waals surface area contributed by atoms with Crippen LogP contribution in [0.3, 0.4) is 0 Å². The molecule has 4 nitrogen and oxygen atoms in total. The molecule has 4 heteroatoms. The molecular weight excluding hydrogens is 304 g/mol. The first-order valence-corrected chi connectivity index (χ1v) is 7.48. The summed E-state index contributed by atoms with van der Waals surface area (Å²) in [4.78, 5) is 12.7. The third kappa shape index (κ3) is 2.29. The molecule has 0 amide bonds. The second-order valence-corrected chi connectivity index (χ2v) is 5.59. The molecule has 0 saturated heterocycles. The van der Waals surface area contributed by atoms with Crippen LogP contribution in [0.4, 0.5) is 0 Å². The van der Waals surface area contributed by atoms with Crippen LogP contribution in [0.1, 0.15) is 0 Å². The van der Waals surface area contributed by atoms with Crippen molar-refractivity contribution in [1.29, 1.82) is 0 Å². The van der Waals surface area contributed by atoms with Crippen molar-refractivity contribution in [1.82, 2.24) is 0 Å². The first-order chi connectivity index (χ1) is 11.7. The van der Waals surface area contributed by atoms with Crippen LogP contribution < -0.4 is 10.2 Å². The minimum atomic E-state index is -0.121. The second kappa shape index (κ2) is 5.42. The third-order valence-electron chi connectivity index (χ3n) is 4.12. The van der Waals surface area contributed by atoms with E-state index in [4.69, 9.17) is 9.15 Å². The molecule has 0 fully saturated rings. The van der Waals surface area contributed by atoms with Gasteiger partial charge in [-0.15, -0.1) is 0 Å². The van der Waals surface area contributed by atoms with E-state index in [9.17, 15) is 9.90 Å². The maximum Gasteiger partial charge on any atom is 0.200 e. The fourth-order valence-electron chi connectivity index (χ4n) is 2.83. The molecule has 0 aliphatic rings. The fourth-order valence-corrected chi connectivity index (χ4v) is 2.83. The number of phenolic OH excluding ortho intramolecular Hbond substituents is 1.